The molecular weight excluding hydrogens is 300 g/mol. The summed E-state index contributed by atoms with van der Waals surface area (Å²) >= 11 is 5.55. The number of imidazole rings is 1. The van der Waals surface area contributed by atoms with Crippen molar-refractivity contribution in [2.24, 2.45) is 0 Å². The quantitative estimate of drug-likeness (QED) is 0.865. The first kappa shape index (κ1) is 12.1. The number of rotatable bonds is 1. The summed E-state index contributed by atoms with van der Waals surface area (Å²) in [7, 11) is 0. The smallest absolute Gasteiger partial charge is 0.130 e. The van der Waals surface area contributed by atoms with E-state index in [1.54, 1.807) is 0 Å². The van der Waals surface area contributed by atoms with Crippen molar-refractivity contribution in [3.05, 3.63) is 16.1 Å². The van der Waals surface area contributed by atoms with Crippen LogP contribution in [0.4, 0.5) is 0 Å². The second-order valence-electron chi connectivity index (χ2n) is 4.84. The standard InChI is InChI=1S/C12H17BrN2OS/c13-11-10-9(16)2-1-5-15(10)12(14-11)8-3-6-17-7-4-8/h8-9,16H,1-7H2. The molecule has 1 aromatic heterocycles. The Bertz CT molecular complexity index is 415. The molecule has 1 atom stereocenters. The summed E-state index contributed by atoms with van der Waals surface area (Å²) < 4.78 is 3.12. The topological polar surface area (TPSA) is 38.0 Å². The highest BCUT2D eigenvalue weighted by molar-refractivity contribution is 9.10. The van der Waals surface area contributed by atoms with Crippen LogP contribution in [0.25, 0.3) is 0 Å². The maximum absolute atomic E-state index is 10.1. The van der Waals surface area contributed by atoms with Crippen molar-refractivity contribution in [1.82, 2.24) is 9.55 Å². The third-order valence-corrected chi connectivity index (χ3v) is 5.39. The van der Waals surface area contributed by atoms with Crippen LogP contribution in [0.2, 0.25) is 0 Å². The van der Waals surface area contributed by atoms with Gasteiger partial charge in [-0.05, 0) is 53.1 Å². The second-order valence-corrected chi connectivity index (χ2v) is 6.82. The Balaban J connectivity index is 1.97. The van der Waals surface area contributed by atoms with Crippen LogP contribution in [-0.4, -0.2) is 26.2 Å². The first-order valence-electron chi connectivity index (χ1n) is 6.29. The summed E-state index contributed by atoms with van der Waals surface area (Å²) in [5.41, 5.74) is 1.00. The van der Waals surface area contributed by atoms with E-state index in [0.29, 0.717) is 5.92 Å². The molecule has 1 unspecified atom stereocenters. The fraction of sp³-hybridized carbons (Fsp3) is 0.750. The van der Waals surface area contributed by atoms with Gasteiger partial charge in [0.1, 0.15) is 10.4 Å². The normalized spacial score (nSPS) is 25.9. The summed E-state index contributed by atoms with van der Waals surface area (Å²) in [6, 6.07) is 0. The molecule has 0 radical (unpaired) electrons. The van der Waals surface area contributed by atoms with Crippen LogP contribution < -0.4 is 0 Å². The Kier molecular flexibility index (Phi) is 3.50. The van der Waals surface area contributed by atoms with Crippen molar-refractivity contribution >= 4 is 27.7 Å². The lowest BCUT2D eigenvalue weighted by Crippen LogP contribution is -2.20. The Morgan fingerprint density at radius 2 is 2.06 bits per heavy atom. The minimum atomic E-state index is -0.336. The van der Waals surface area contributed by atoms with Crippen LogP contribution >= 0.6 is 27.7 Å². The number of halogens is 1. The molecule has 17 heavy (non-hydrogen) atoms. The van der Waals surface area contributed by atoms with Crippen molar-refractivity contribution in [1.29, 1.82) is 0 Å². The number of aromatic nitrogens is 2. The average Bonchev–Trinajstić information content (AvgIpc) is 2.69. The van der Waals surface area contributed by atoms with Crippen LogP contribution in [-0.2, 0) is 6.54 Å². The largest absolute Gasteiger partial charge is 0.387 e. The monoisotopic (exact) mass is 316 g/mol. The Morgan fingerprint density at radius 1 is 1.29 bits per heavy atom. The van der Waals surface area contributed by atoms with Gasteiger partial charge in [0.15, 0.2) is 0 Å². The van der Waals surface area contributed by atoms with Crippen molar-refractivity contribution in [3.8, 4) is 0 Å². The average molecular weight is 317 g/mol. The summed E-state index contributed by atoms with van der Waals surface area (Å²) in [4.78, 5) is 4.68. The van der Waals surface area contributed by atoms with Gasteiger partial charge < -0.3 is 9.67 Å². The molecule has 2 aliphatic heterocycles. The number of fused-ring (bicyclic) bond motifs is 1. The van der Waals surface area contributed by atoms with E-state index in [-0.39, 0.29) is 6.10 Å². The molecule has 2 aliphatic rings. The molecular formula is C12H17BrN2OS. The van der Waals surface area contributed by atoms with Crippen LogP contribution in [0.3, 0.4) is 0 Å². The van der Waals surface area contributed by atoms with E-state index < -0.39 is 0 Å². The van der Waals surface area contributed by atoms with Gasteiger partial charge in [-0.1, -0.05) is 0 Å². The second kappa shape index (κ2) is 4.94. The molecule has 3 nitrogen and oxygen atoms in total. The number of aliphatic hydroxyl groups excluding tert-OH is 1. The molecule has 0 aromatic carbocycles. The SMILES string of the molecule is OC1CCCn2c(C3CCSCC3)nc(Br)c21. The first-order valence-corrected chi connectivity index (χ1v) is 8.23. The summed E-state index contributed by atoms with van der Waals surface area (Å²) in [6.45, 7) is 1.02. The Labute approximate surface area is 114 Å². The zero-order valence-electron chi connectivity index (χ0n) is 9.73. The van der Waals surface area contributed by atoms with E-state index in [1.165, 1.54) is 30.2 Å². The third kappa shape index (κ3) is 2.17. The molecule has 1 saturated heterocycles. The Morgan fingerprint density at radius 3 is 2.82 bits per heavy atom. The van der Waals surface area contributed by atoms with E-state index in [0.717, 1.165) is 29.7 Å². The van der Waals surface area contributed by atoms with E-state index in [9.17, 15) is 5.11 Å². The third-order valence-electron chi connectivity index (χ3n) is 3.75. The molecule has 3 heterocycles. The molecule has 0 spiro atoms. The number of thioether (sulfide) groups is 1. The van der Waals surface area contributed by atoms with Crippen LogP contribution in [0.1, 0.15) is 49.2 Å². The molecule has 0 bridgehead atoms. The van der Waals surface area contributed by atoms with Gasteiger partial charge in [-0.2, -0.15) is 11.8 Å². The zero-order chi connectivity index (χ0) is 11.8. The molecule has 0 saturated carbocycles. The predicted octanol–water partition coefficient (Wildman–Crippen LogP) is 3.08. The predicted molar refractivity (Wildman–Crippen MR) is 73.4 cm³/mol. The molecule has 0 amide bonds. The minimum absolute atomic E-state index is 0.336. The highest BCUT2D eigenvalue weighted by Gasteiger charge is 2.29. The minimum Gasteiger partial charge on any atom is -0.387 e. The van der Waals surface area contributed by atoms with Crippen LogP contribution in [0.5, 0.6) is 0 Å². The van der Waals surface area contributed by atoms with E-state index >= 15 is 0 Å². The van der Waals surface area contributed by atoms with Gasteiger partial charge >= 0.3 is 0 Å². The highest BCUT2D eigenvalue weighted by atomic mass is 79.9. The van der Waals surface area contributed by atoms with Crippen LogP contribution in [0.15, 0.2) is 4.60 Å². The number of aliphatic hydroxyl groups is 1. The van der Waals surface area contributed by atoms with Crippen molar-refractivity contribution < 1.29 is 5.11 Å². The van der Waals surface area contributed by atoms with Crippen LogP contribution in [0, 0.1) is 0 Å². The Hall–Kier alpha value is -0.0000000000000000555. The van der Waals surface area contributed by atoms with Crippen molar-refractivity contribution in [2.45, 2.75) is 44.2 Å². The zero-order valence-corrected chi connectivity index (χ0v) is 12.1. The summed E-state index contributed by atoms with van der Waals surface area (Å²) in [5.74, 6) is 4.28. The first-order chi connectivity index (χ1) is 8.27. The molecule has 3 rings (SSSR count). The summed E-state index contributed by atoms with van der Waals surface area (Å²) in [6.07, 6.45) is 4.04. The van der Waals surface area contributed by atoms with Gasteiger partial charge in [-0.25, -0.2) is 4.98 Å². The number of hydrogen-bond acceptors (Lipinski definition) is 3. The highest BCUT2D eigenvalue weighted by Crippen LogP contribution is 2.38. The lowest BCUT2D eigenvalue weighted by Gasteiger charge is -2.26. The lowest BCUT2D eigenvalue weighted by molar-refractivity contribution is 0.137. The van der Waals surface area contributed by atoms with E-state index in [4.69, 9.17) is 0 Å². The van der Waals surface area contributed by atoms with Gasteiger partial charge in [-0.15, -0.1) is 0 Å². The van der Waals surface area contributed by atoms with Gasteiger partial charge in [0.05, 0.1) is 11.8 Å². The fourth-order valence-electron chi connectivity index (χ4n) is 2.85. The van der Waals surface area contributed by atoms with Crippen molar-refractivity contribution in [3.63, 3.8) is 0 Å². The maximum atomic E-state index is 10.1. The van der Waals surface area contributed by atoms with Gasteiger partial charge in [0.25, 0.3) is 0 Å². The lowest BCUT2D eigenvalue weighted by atomic mass is 10.0. The molecule has 1 N–H and O–H groups in total. The fourth-order valence-corrected chi connectivity index (χ4v) is 4.62. The molecule has 1 aromatic rings. The molecule has 1 fully saturated rings. The summed E-state index contributed by atoms with van der Waals surface area (Å²) in [5, 5.41) is 10.1. The van der Waals surface area contributed by atoms with Crippen molar-refractivity contribution in [2.75, 3.05) is 11.5 Å². The van der Waals surface area contributed by atoms with Gasteiger partial charge in [-0.3, -0.25) is 0 Å². The number of nitrogens with zero attached hydrogens (tertiary/aromatic N) is 2. The molecule has 0 aliphatic carbocycles. The van der Waals surface area contributed by atoms with Gasteiger partial charge in [0, 0.05) is 12.5 Å². The maximum Gasteiger partial charge on any atom is 0.130 e. The number of hydrogen-bond donors (Lipinski definition) is 1. The van der Waals surface area contributed by atoms with E-state index in [1.807, 2.05) is 11.8 Å². The molecule has 94 valence electrons. The van der Waals surface area contributed by atoms with Gasteiger partial charge in [0.2, 0.25) is 0 Å². The van der Waals surface area contributed by atoms with E-state index in [2.05, 4.69) is 25.5 Å². The molecule has 5 heteroatoms.